The maximum absolute atomic E-state index is 15.6. The highest BCUT2D eigenvalue weighted by molar-refractivity contribution is 5.95. The molecule has 2 aromatic heterocycles. The number of aromatic nitrogens is 5. The van der Waals surface area contributed by atoms with Crippen molar-refractivity contribution in [2.75, 3.05) is 45.2 Å². The van der Waals surface area contributed by atoms with Gasteiger partial charge in [0, 0.05) is 48.6 Å². The van der Waals surface area contributed by atoms with Gasteiger partial charge in [-0.1, -0.05) is 12.1 Å². The fraction of sp³-hybridized carbons (Fsp3) is 0.345. The Balaban J connectivity index is 1.22. The monoisotopic (exact) mass is 558 g/mol. The average molecular weight is 559 g/mol. The van der Waals surface area contributed by atoms with Gasteiger partial charge in [0.25, 0.3) is 5.91 Å². The Hall–Kier alpha value is -4.42. The zero-order valence-corrected chi connectivity index (χ0v) is 22.7. The van der Waals surface area contributed by atoms with E-state index in [0.29, 0.717) is 42.3 Å². The van der Waals surface area contributed by atoms with Crippen molar-refractivity contribution in [3.63, 3.8) is 0 Å². The SMILES string of the molecule is Cc1c(OCCN2CCOCC2)ccc(-n2nnnc2-c2cc(-c3ccc(C(=O)NC4CC4)cc3)cnc2N)c1F. The first-order valence-corrected chi connectivity index (χ1v) is 13.7. The third kappa shape index (κ3) is 5.88. The largest absolute Gasteiger partial charge is 0.492 e. The zero-order valence-electron chi connectivity index (χ0n) is 22.7. The van der Waals surface area contributed by atoms with Crippen LogP contribution in [0.15, 0.2) is 48.7 Å². The van der Waals surface area contributed by atoms with Crippen LogP contribution in [0.5, 0.6) is 5.75 Å². The van der Waals surface area contributed by atoms with Crippen LogP contribution in [0.4, 0.5) is 10.2 Å². The van der Waals surface area contributed by atoms with Gasteiger partial charge in [0.15, 0.2) is 11.6 Å². The van der Waals surface area contributed by atoms with Crippen molar-refractivity contribution < 1.29 is 18.7 Å². The van der Waals surface area contributed by atoms with E-state index in [1.807, 2.05) is 12.1 Å². The minimum absolute atomic E-state index is 0.0832. The summed E-state index contributed by atoms with van der Waals surface area (Å²) in [5.41, 5.74) is 9.38. The number of rotatable bonds is 9. The lowest BCUT2D eigenvalue weighted by atomic mass is 10.0. The molecule has 41 heavy (non-hydrogen) atoms. The van der Waals surface area contributed by atoms with Crippen LogP contribution in [0.25, 0.3) is 28.2 Å². The Morgan fingerprint density at radius 2 is 1.93 bits per heavy atom. The molecule has 1 amide bonds. The molecule has 2 aromatic carbocycles. The van der Waals surface area contributed by atoms with Crippen molar-refractivity contribution in [2.45, 2.75) is 25.8 Å². The second-order valence-corrected chi connectivity index (χ2v) is 10.2. The molecule has 2 aliphatic rings. The maximum atomic E-state index is 15.6. The number of carbonyl (C=O) groups is 1. The number of ether oxygens (including phenoxy) is 2. The summed E-state index contributed by atoms with van der Waals surface area (Å²) in [6.45, 7) is 5.99. The number of pyridine rings is 1. The van der Waals surface area contributed by atoms with Crippen molar-refractivity contribution in [3.8, 4) is 34.0 Å². The number of anilines is 1. The van der Waals surface area contributed by atoms with E-state index in [1.54, 1.807) is 43.5 Å². The minimum Gasteiger partial charge on any atom is -0.492 e. The Bertz CT molecular complexity index is 1550. The number of halogens is 1. The summed E-state index contributed by atoms with van der Waals surface area (Å²) in [5, 5.41) is 15.0. The van der Waals surface area contributed by atoms with Crippen LogP contribution in [0.3, 0.4) is 0 Å². The predicted octanol–water partition coefficient (Wildman–Crippen LogP) is 3.02. The highest BCUT2D eigenvalue weighted by Crippen LogP contribution is 2.32. The molecule has 0 spiro atoms. The lowest BCUT2D eigenvalue weighted by Gasteiger charge is -2.26. The molecule has 11 nitrogen and oxygen atoms in total. The van der Waals surface area contributed by atoms with Crippen LogP contribution in [-0.2, 0) is 4.74 Å². The number of nitrogen functional groups attached to an aromatic ring is 1. The van der Waals surface area contributed by atoms with Gasteiger partial charge in [0.2, 0.25) is 0 Å². The highest BCUT2D eigenvalue weighted by Gasteiger charge is 2.24. The summed E-state index contributed by atoms with van der Waals surface area (Å²) in [5.74, 6) is 0.332. The van der Waals surface area contributed by atoms with Gasteiger partial charge in [-0.2, -0.15) is 4.68 Å². The fourth-order valence-corrected chi connectivity index (χ4v) is 4.72. The number of hydrogen-bond acceptors (Lipinski definition) is 9. The average Bonchev–Trinajstić information content (AvgIpc) is 3.68. The van der Waals surface area contributed by atoms with Crippen molar-refractivity contribution in [1.29, 1.82) is 0 Å². The first-order chi connectivity index (χ1) is 20.0. The van der Waals surface area contributed by atoms with Crippen LogP contribution in [-0.4, -0.2) is 81.5 Å². The Morgan fingerprint density at radius 1 is 1.15 bits per heavy atom. The molecular formula is C29H31FN8O3. The first kappa shape index (κ1) is 26.8. The summed E-state index contributed by atoms with van der Waals surface area (Å²) in [6, 6.07) is 12.6. The Morgan fingerprint density at radius 3 is 2.68 bits per heavy atom. The summed E-state index contributed by atoms with van der Waals surface area (Å²) in [6.07, 6.45) is 3.69. The van der Waals surface area contributed by atoms with Crippen LogP contribution >= 0.6 is 0 Å². The molecule has 2 fully saturated rings. The number of nitrogens with zero attached hydrogens (tertiary/aromatic N) is 6. The second kappa shape index (κ2) is 11.6. The van der Waals surface area contributed by atoms with E-state index >= 15 is 4.39 Å². The molecule has 6 rings (SSSR count). The van der Waals surface area contributed by atoms with E-state index in [4.69, 9.17) is 15.2 Å². The standard InChI is InChI=1S/C29H31FN8O3/c1-18-25(41-15-12-37-10-13-40-14-11-37)9-8-24(26(18)30)38-28(34-35-36-38)23-16-21(17-32-27(23)31)19-2-4-20(5-3-19)29(39)33-22-6-7-22/h2-5,8-9,16-17,22H,6-7,10-15H2,1H3,(H2,31,32)(H,33,39). The smallest absolute Gasteiger partial charge is 0.251 e. The summed E-state index contributed by atoms with van der Waals surface area (Å²) < 4.78 is 28.2. The van der Waals surface area contributed by atoms with Gasteiger partial charge >= 0.3 is 0 Å². The van der Waals surface area contributed by atoms with Gasteiger partial charge in [0.05, 0.1) is 18.8 Å². The van der Waals surface area contributed by atoms with Gasteiger partial charge in [0.1, 0.15) is 23.9 Å². The summed E-state index contributed by atoms with van der Waals surface area (Å²) in [4.78, 5) is 18.9. The number of nitrogens with two attached hydrogens (primary N) is 1. The zero-order chi connectivity index (χ0) is 28.3. The van der Waals surface area contributed by atoms with Gasteiger partial charge < -0.3 is 20.5 Å². The third-order valence-electron chi connectivity index (χ3n) is 7.34. The molecular weight excluding hydrogens is 527 g/mol. The third-order valence-corrected chi connectivity index (χ3v) is 7.34. The number of tetrazole rings is 1. The van der Waals surface area contributed by atoms with Crippen LogP contribution in [0.1, 0.15) is 28.8 Å². The topological polar surface area (TPSA) is 133 Å². The molecule has 12 heteroatoms. The van der Waals surface area contributed by atoms with Gasteiger partial charge in [-0.15, -0.1) is 5.10 Å². The summed E-state index contributed by atoms with van der Waals surface area (Å²) in [7, 11) is 0. The van der Waals surface area contributed by atoms with E-state index < -0.39 is 5.82 Å². The number of amides is 1. The van der Waals surface area contributed by atoms with E-state index in [9.17, 15) is 4.79 Å². The maximum Gasteiger partial charge on any atom is 0.251 e. The van der Waals surface area contributed by atoms with E-state index in [0.717, 1.165) is 43.6 Å². The molecule has 1 saturated carbocycles. The number of hydrogen-bond donors (Lipinski definition) is 2. The molecule has 0 unspecified atom stereocenters. The second-order valence-electron chi connectivity index (χ2n) is 10.2. The number of carbonyl (C=O) groups excluding carboxylic acids is 1. The van der Waals surface area contributed by atoms with Crippen molar-refractivity contribution in [2.24, 2.45) is 0 Å². The molecule has 1 aliphatic carbocycles. The van der Waals surface area contributed by atoms with Crippen LogP contribution in [0.2, 0.25) is 0 Å². The first-order valence-electron chi connectivity index (χ1n) is 13.7. The van der Waals surface area contributed by atoms with Gasteiger partial charge in [-0.25, -0.2) is 9.37 Å². The lowest BCUT2D eigenvalue weighted by Crippen LogP contribution is -2.38. The number of benzene rings is 2. The number of nitrogens with one attached hydrogen (secondary N) is 1. The van der Waals surface area contributed by atoms with E-state index in [-0.39, 0.29) is 29.3 Å². The fourth-order valence-electron chi connectivity index (χ4n) is 4.72. The van der Waals surface area contributed by atoms with Crippen molar-refractivity contribution in [3.05, 3.63) is 65.6 Å². The normalized spacial score (nSPS) is 15.6. The van der Waals surface area contributed by atoms with E-state index in [2.05, 4.69) is 30.7 Å². The molecule has 1 saturated heterocycles. The molecule has 212 valence electrons. The summed E-state index contributed by atoms with van der Waals surface area (Å²) >= 11 is 0. The quantitative estimate of drug-likeness (QED) is 0.318. The molecule has 4 aromatic rings. The van der Waals surface area contributed by atoms with Crippen LogP contribution < -0.4 is 15.8 Å². The van der Waals surface area contributed by atoms with Gasteiger partial charge in [-0.3, -0.25) is 9.69 Å². The molecule has 1 aliphatic heterocycles. The van der Waals surface area contributed by atoms with Crippen molar-refractivity contribution in [1.82, 2.24) is 35.4 Å². The molecule has 0 bridgehead atoms. The predicted molar refractivity (Wildman–Crippen MR) is 150 cm³/mol. The van der Waals surface area contributed by atoms with Crippen LogP contribution in [0, 0.1) is 12.7 Å². The lowest BCUT2D eigenvalue weighted by molar-refractivity contribution is 0.0322. The molecule has 3 heterocycles. The minimum atomic E-state index is -0.495. The highest BCUT2D eigenvalue weighted by atomic mass is 19.1. The number of morpholine rings is 1. The Labute approximate surface area is 236 Å². The molecule has 3 N–H and O–H groups in total. The molecule has 0 atom stereocenters. The van der Waals surface area contributed by atoms with E-state index in [1.165, 1.54) is 4.68 Å². The Kier molecular flexibility index (Phi) is 7.57. The van der Waals surface area contributed by atoms with Crippen molar-refractivity contribution >= 4 is 11.7 Å². The van der Waals surface area contributed by atoms with Gasteiger partial charge in [-0.05, 0) is 66.1 Å². The molecule has 0 radical (unpaired) electrons.